The molecule has 0 N–H and O–H groups in total. The number of hydrogen-bond donors (Lipinski definition) is 0. The summed E-state index contributed by atoms with van der Waals surface area (Å²) in [5.74, 6) is 0.956. The maximum Gasteiger partial charge on any atom is 0.276 e. The highest BCUT2D eigenvalue weighted by Gasteiger charge is 2.25. The monoisotopic (exact) mass is 399 g/mol. The van der Waals surface area contributed by atoms with Gasteiger partial charge in [0.25, 0.3) is 11.8 Å². The van der Waals surface area contributed by atoms with Crippen LogP contribution in [0.25, 0.3) is 0 Å². The smallest absolute Gasteiger partial charge is 0.276 e. The van der Waals surface area contributed by atoms with Crippen LogP contribution in [-0.2, 0) is 6.54 Å². The van der Waals surface area contributed by atoms with E-state index in [-0.39, 0.29) is 17.7 Å². The van der Waals surface area contributed by atoms with E-state index in [0.717, 1.165) is 25.1 Å². The number of carbonyl (C=O) groups excluding carboxylic acids is 2. The van der Waals surface area contributed by atoms with Crippen molar-refractivity contribution in [1.29, 1.82) is 0 Å². The van der Waals surface area contributed by atoms with E-state index in [0.29, 0.717) is 37.4 Å². The van der Waals surface area contributed by atoms with E-state index in [9.17, 15) is 9.59 Å². The maximum absolute atomic E-state index is 12.8. The Morgan fingerprint density at radius 1 is 1.21 bits per heavy atom. The van der Waals surface area contributed by atoms with Gasteiger partial charge in [0.1, 0.15) is 5.75 Å². The molecule has 1 atom stereocenters. The van der Waals surface area contributed by atoms with E-state index in [4.69, 9.17) is 4.74 Å². The van der Waals surface area contributed by atoms with Crippen LogP contribution in [-0.4, -0.2) is 69.9 Å². The summed E-state index contributed by atoms with van der Waals surface area (Å²) >= 11 is 0. The normalized spacial score (nSPS) is 16.5. The molecule has 156 valence electrons. The van der Waals surface area contributed by atoms with Gasteiger partial charge in [-0.1, -0.05) is 5.21 Å². The molecule has 1 saturated heterocycles. The minimum atomic E-state index is -0.0961. The topological polar surface area (TPSA) is 80.6 Å². The Morgan fingerprint density at radius 3 is 2.59 bits per heavy atom. The van der Waals surface area contributed by atoms with Gasteiger partial charge in [-0.2, -0.15) is 0 Å². The standard InChI is InChI=1S/C21H29N5O3/c1-4-24(5-2)21(28)19-15-26(23-22-19)14-16-7-6-12-25(13-16)20(27)17-8-10-18(29-3)11-9-17/h8-11,15-16H,4-7,12-14H2,1-3H3. The van der Waals surface area contributed by atoms with Gasteiger partial charge in [0.15, 0.2) is 5.69 Å². The number of likely N-dealkylation sites (tertiary alicyclic amines) is 1. The van der Waals surface area contributed by atoms with Gasteiger partial charge in [0, 0.05) is 38.3 Å². The molecule has 8 heteroatoms. The van der Waals surface area contributed by atoms with Gasteiger partial charge in [-0.15, -0.1) is 5.10 Å². The third kappa shape index (κ3) is 4.93. The first kappa shape index (κ1) is 20.8. The summed E-state index contributed by atoms with van der Waals surface area (Å²) in [7, 11) is 1.61. The van der Waals surface area contributed by atoms with Crippen molar-refractivity contribution in [3.8, 4) is 5.75 Å². The van der Waals surface area contributed by atoms with Gasteiger partial charge in [0.2, 0.25) is 0 Å². The van der Waals surface area contributed by atoms with Gasteiger partial charge in [-0.05, 0) is 56.9 Å². The predicted octanol–water partition coefficient (Wildman–Crippen LogP) is 2.32. The molecule has 0 saturated carbocycles. The molecular weight excluding hydrogens is 370 g/mol. The lowest BCUT2D eigenvalue weighted by Crippen LogP contribution is -2.41. The highest BCUT2D eigenvalue weighted by atomic mass is 16.5. The van der Waals surface area contributed by atoms with Crippen LogP contribution >= 0.6 is 0 Å². The number of amides is 2. The van der Waals surface area contributed by atoms with Crippen LogP contribution in [0.5, 0.6) is 5.75 Å². The summed E-state index contributed by atoms with van der Waals surface area (Å²) < 4.78 is 6.88. The van der Waals surface area contributed by atoms with Crippen molar-refractivity contribution in [1.82, 2.24) is 24.8 Å². The fourth-order valence-corrected chi connectivity index (χ4v) is 3.74. The SMILES string of the molecule is CCN(CC)C(=O)c1cn(CC2CCCN(C(=O)c3ccc(OC)cc3)C2)nn1. The van der Waals surface area contributed by atoms with Gasteiger partial charge in [-0.3, -0.25) is 14.3 Å². The fourth-order valence-electron chi connectivity index (χ4n) is 3.74. The number of rotatable bonds is 7. The van der Waals surface area contributed by atoms with E-state index in [1.54, 1.807) is 47.2 Å². The van der Waals surface area contributed by atoms with Crippen LogP contribution < -0.4 is 4.74 Å². The van der Waals surface area contributed by atoms with Gasteiger partial charge >= 0.3 is 0 Å². The lowest BCUT2D eigenvalue weighted by Gasteiger charge is -2.32. The van der Waals surface area contributed by atoms with Crippen LogP contribution in [0.3, 0.4) is 0 Å². The van der Waals surface area contributed by atoms with E-state index >= 15 is 0 Å². The first-order valence-corrected chi connectivity index (χ1v) is 10.2. The van der Waals surface area contributed by atoms with Crippen molar-refractivity contribution in [3.05, 3.63) is 41.7 Å². The summed E-state index contributed by atoms with van der Waals surface area (Å²) in [4.78, 5) is 28.9. The molecule has 1 unspecified atom stereocenters. The number of benzene rings is 1. The lowest BCUT2D eigenvalue weighted by molar-refractivity contribution is 0.0659. The number of carbonyl (C=O) groups is 2. The number of aromatic nitrogens is 3. The quantitative estimate of drug-likeness (QED) is 0.714. The van der Waals surface area contributed by atoms with Gasteiger partial charge in [0.05, 0.1) is 13.3 Å². The molecule has 8 nitrogen and oxygen atoms in total. The van der Waals surface area contributed by atoms with E-state index < -0.39 is 0 Å². The molecule has 0 radical (unpaired) electrons. The average molecular weight is 399 g/mol. The second kappa shape index (κ2) is 9.54. The fraction of sp³-hybridized carbons (Fsp3) is 0.524. The number of ether oxygens (including phenoxy) is 1. The molecule has 3 rings (SSSR count). The van der Waals surface area contributed by atoms with Crippen LogP contribution in [0, 0.1) is 5.92 Å². The molecule has 0 spiro atoms. The van der Waals surface area contributed by atoms with E-state index in [2.05, 4.69) is 10.3 Å². The second-order valence-electron chi connectivity index (χ2n) is 7.29. The number of nitrogens with zero attached hydrogens (tertiary/aromatic N) is 5. The Hall–Kier alpha value is -2.90. The number of piperidine rings is 1. The Morgan fingerprint density at radius 2 is 1.93 bits per heavy atom. The lowest BCUT2D eigenvalue weighted by atomic mass is 9.97. The Kier molecular flexibility index (Phi) is 6.85. The molecule has 1 aromatic carbocycles. The van der Waals surface area contributed by atoms with Crippen molar-refractivity contribution in [2.75, 3.05) is 33.3 Å². The zero-order chi connectivity index (χ0) is 20.8. The molecule has 2 heterocycles. The van der Waals surface area contributed by atoms with Crippen molar-refractivity contribution in [2.24, 2.45) is 5.92 Å². The molecule has 1 aliphatic heterocycles. The third-order valence-corrected chi connectivity index (χ3v) is 5.40. The summed E-state index contributed by atoms with van der Waals surface area (Å²) in [5.41, 5.74) is 1.04. The van der Waals surface area contributed by atoms with Crippen molar-refractivity contribution < 1.29 is 14.3 Å². The van der Waals surface area contributed by atoms with Crippen LogP contribution in [0.4, 0.5) is 0 Å². The first-order valence-electron chi connectivity index (χ1n) is 10.2. The summed E-state index contributed by atoms with van der Waals surface area (Å²) in [5, 5.41) is 8.18. The zero-order valence-corrected chi connectivity index (χ0v) is 17.4. The summed E-state index contributed by atoms with van der Waals surface area (Å²) in [6.45, 7) is 7.25. The molecule has 2 aromatic rings. The largest absolute Gasteiger partial charge is 0.497 e. The third-order valence-electron chi connectivity index (χ3n) is 5.40. The first-order chi connectivity index (χ1) is 14.0. The van der Waals surface area contributed by atoms with Crippen molar-refractivity contribution >= 4 is 11.8 Å². The summed E-state index contributed by atoms with van der Waals surface area (Å²) in [6.07, 6.45) is 3.68. The second-order valence-corrected chi connectivity index (χ2v) is 7.29. The molecule has 2 amide bonds. The molecule has 1 aliphatic rings. The molecule has 0 bridgehead atoms. The molecule has 0 aliphatic carbocycles. The zero-order valence-electron chi connectivity index (χ0n) is 17.4. The highest BCUT2D eigenvalue weighted by molar-refractivity contribution is 5.94. The van der Waals surface area contributed by atoms with Crippen molar-refractivity contribution in [3.63, 3.8) is 0 Å². The van der Waals surface area contributed by atoms with E-state index in [1.807, 2.05) is 18.7 Å². The van der Waals surface area contributed by atoms with Crippen molar-refractivity contribution in [2.45, 2.75) is 33.2 Å². The van der Waals surface area contributed by atoms with Crippen LogP contribution in [0.2, 0.25) is 0 Å². The predicted molar refractivity (Wildman–Crippen MR) is 109 cm³/mol. The number of methoxy groups -OCH3 is 1. The van der Waals surface area contributed by atoms with Gasteiger partial charge in [-0.25, -0.2) is 0 Å². The average Bonchev–Trinajstić information content (AvgIpc) is 3.22. The highest BCUT2D eigenvalue weighted by Crippen LogP contribution is 2.21. The minimum absolute atomic E-state index is 0.0355. The Balaban J connectivity index is 1.61. The van der Waals surface area contributed by atoms with E-state index in [1.165, 1.54) is 0 Å². The van der Waals surface area contributed by atoms with Crippen LogP contribution in [0.15, 0.2) is 30.5 Å². The molecule has 1 aromatic heterocycles. The Labute approximate surface area is 171 Å². The molecule has 29 heavy (non-hydrogen) atoms. The molecule has 1 fully saturated rings. The maximum atomic E-state index is 12.8. The Bertz CT molecular complexity index is 829. The minimum Gasteiger partial charge on any atom is -0.497 e. The summed E-state index contributed by atoms with van der Waals surface area (Å²) in [6, 6.07) is 7.21. The van der Waals surface area contributed by atoms with Crippen LogP contribution in [0.1, 0.15) is 47.5 Å². The number of hydrogen-bond acceptors (Lipinski definition) is 5. The van der Waals surface area contributed by atoms with Gasteiger partial charge < -0.3 is 14.5 Å². The molecular formula is C21H29N5O3.